The first-order valence-electron chi connectivity index (χ1n) is 17.5. The molecule has 3 aromatic heterocycles. The van der Waals surface area contributed by atoms with E-state index in [1.165, 1.54) is 5.19 Å². The minimum absolute atomic E-state index is 0. The first-order chi connectivity index (χ1) is 24.6. The topological polar surface area (TPSA) is 38.9 Å². The molecule has 5 heteroatoms. The number of pyridine rings is 2. The Balaban J connectivity index is 0.000000230. The smallest absolute Gasteiger partial charge is 0.121 e. The molecule has 0 bridgehead atoms. The summed E-state index contributed by atoms with van der Waals surface area (Å²) in [4.78, 5) is 9.16. The maximum atomic E-state index is 8.15. The molecular formula is C44H36IrN2OSi-2. The van der Waals surface area contributed by atoms with Crippen LogP contribution in [0.25, 0.3) is 66.7 Å². The summed E-state index contributed by atoms with van der Waals surface area (Å²) in [7, 11) is -1.23. The average Bonchev–Trinajstić information content (AvgIpc) is 3.54. The van der Waals surface area contributed by atoms with E-state index in [1.807, 2.05) is 97.2 Å². The summed E-state index contributed by atoms with van der Waals surface area (Å²) >= 11 is 0. The number of nitrogens with zero attached hydrogens (tertiary/aromatic N) is 2. The van der Waals surface area contributed by atoms with Crippen LogP contribution in [0.2, 0.25) is 19.6 Å². The van der Waals surface area contributed by atoms with Crippen LogP contribution in [0.1, 0.15) is 9.68 Å². The van der Waals surface area contributed by atoms with Crippen molar-refractivity contribution < 1.29 is 28.6 Å². The zero-order valence-corrected chi connectivity index (χ0v) is 30.9. The van der Waals surface area contributed by atoms with Gasteiger partial charge in [0.05, 0.1) is 13.7 Å². The Morgan fingerprint density at radius 2 is 1.37 bits per heavy atom. The molecule has 3 nitrogen and oxygen atoms in total. The van der Waals surface area contributed by atoms with Crippen molar-refractivity contribution in [3.63, 3.8) is 0 Å². The molecule has 3 heterocycles. The molecule has 0 amide bonds. The van der Waals surface area contributed by atoms with Gasteiger partial charge in [-0.15, -0.1) is 54.1 Å². The van der Waals surface area contributed by atoms with Gasteiger partial charge in [-0.1, -0.05) is 122 Å². The molecular weight excluding hydrogens is 793 g/mol. The summed E-state index contributed by atoms with van der Waals surface area (Å²) in [6.07, 6.45) is 3.65. The van der Waals surface area contributed by atoms with Gasteiger partial charge in [0.15, 0.2) is 0 Å². The van der Waals surface area contributed by atoms with Crippen molar-refractivity contribution >= 4 is 35.2 Å². The van der Waals surface area contributed by atoms with Crippen molar-refractivity contribution in [2.75, 3.05) is 0 Å². The second-order valence-electron chi connectivity index (χ2n) is 12.7. The molecule has 0 unspecified atom stereocenters. The van der Waals surface area contributed by atoms with Gasteiger partial charge in [-0.3, -0.25) is 0 Å². The van der Waals surface area contributed by atoms with Crippen LogP contribution < -0.4 is 5.19 Å². The number of benzene rings is 5. The maximum absolute atomic E-state index is 8.15. The van der Waals surface area contributed by atoms with Gasteiger partial charge in [0.2, 0.25) is 0 Å². The van der Waals surface area contributed by atoms with E-state index in [9.17, 15) is 0 Å². The van der Waals surface area contributed by atoms with Crippen LogP contribution in [0.15, 0.2) is 150 Å². The Bertz CT molecular complexity index is 2430. The molecule has 0 fully saturated rings. The normalized spacial score (nSPS) is 12.3. The van der Waals surface area contributed by atoms with Crippen molar-refractivity contribution in [3.05, 3.63) is 164 Å². The molecule has 0 saturated heterocycles. The number of aryl methyl sites for hydroxylation is 1. The minimum Gasteiger partial charge on any atom is -0.501 e. The Morgan fingerprint density at radius 3 is 2.04 bits per heavy atom. The Labute approximate surface area is 307 Å². The zero-order chi connectivity index (χ0) is 35.6. The number of fused-ring (bicyclic) bond motifs is 3. The van der Waals surface area contributed by atoms with E-state index in [0.29, 0.717) is 22.4 Å². The second kappa shape index (κ2) is 14.7. The van der Waals surface area contributed by atoms with Crippen molar-refractivity contribution in [2.45, 2.75) is 26.5 Å². The molecule has 0 N–H and O–H groups in total. The van der Waals surface area contributed by atoms with Gasteiger partial charge in [-0.05, 0) is 51.7 Å². The van der Waals surface area contributed by atoms with Crippen LogP contribution in [0, 0.1) is 19.0 Å². The molecule has 8 aromatic rings. The molecule has 0 aliphatic rings. The summed E-state index contributed by atoms with van der Waals surface area (Å²) in [6, 6.07) is 49.9. The quantitative estimate of drug-likeness (QED) is 0.128. The number of aromatic nitrogens is 2. The van der Waals surface area contributed by atoms with Gasteiger partial charge in [-0.25, -0.2) is 0 Å². The van der Waals surface area contributed by atoms with Gasteiger partial charge >= 0.3 is 0 Å². The molecule has 1 radical (unpaired) electrons. The van der Waals surface area contributed by atoms with Crippen molar-refractivity contribution in [1.29, 1.82) is 0 Å². The van der Waals surface area contributed by atoms with Crippen LogP contribution in [0.4, 0.5) is 0 Å². The summed E-state index contributed by atoms with van der Waals surface area (Å²) in [5.41, 5.74) is 8.47. The minimum atomic E-state index is -2.30. The van der Waals surface area contributed by atoms with E-state index >= 15 is 0 Å². The third kappa shape index (κ3) is 7.40. The fourth-order valence-electron chi connectivity index (χ4n) is 5.73. The van der Waals surface area contributed by atoms with E-state index in [1.54, 1.807) is 12.3 Å². The first-order valence-corrected chi connectivity index (χ1v) is 19.5. The van der Waals surface area contributed by atoms with Crippen molar-refractivity contribution in [1.82, 2.24) is 9.97 Å². The zero-order valence-electron chi connectivity index (χ0n) is 30.5. The van der Waals surface area contributed by atoms with Gasteiger partial charge in [0.25, 0.3) is 0 Å². The summed E-state index contributed by atoms with van der Waals surface area (Å²) in [5.74, 6) is 0. The Kier molecular flexibility index (Phi) is 9.03. The molecule has 0 aliphatic heterocycles. The average molecular weight is 832 g/mol. The van der Waals surface area contributed by atoms with Crippen molar-refractivity contribution in [2.24, 2.45) is 0 Å². The summed E-state index contributed by atoms with van der Waals surface area (Å²) in [5, 5.41) is 3.33. The van der Waals surface area contributed by atoms with Gasteiger partial charge < -0.3 is 14.4 Å². The SMILES string of the molecule is C[Si](C)(C)c1ccc(-c2[c-]cccc2)nc1.[2H]C([2H])([2H])c1cc(-c2[c-]ccc3c2oc2cc(-c4ccccc4)ccc23)ncc1-c1ccccc1.[Ir]. The largest absolute Gasteiger partial charge is 0.501 e. The monoisotopic (exact) mass is 832 g/mol. The molecule has 0 saturated carbocycles. The third-order valence-corrected chi connectivity index (χ3v) is 10.4. The van der Waals surface area contributed by atoms with Crippen LogP contribution in [0.5, 0.6) is 0 Å². The van der Waals surface area contributed by atoms with Gasteiger partial charge in [0.1, 0.15) is 5.58 Å². The fourth-order valence-corrected chi connectivity index (χ4v) is 6.77. The van der Waals surface area contributed by atoms with Crippen molar-refractivity contribution in [3.8, 4) is 44.8 Å². The summed E-state index contributed by atoms with van der Waals surface area (Å²) < 4.78 is 30.8. The molecule has 243 valence electrons. The maximum Gasteiger partial charge on any atom is 0.121 e. The fraction of sp³-hybridized carbons (Fsp3) is 0.0909. The molecule has 0 atom stereocenters. The third-order valence-electron chi connectivity index (χ3n) is 8.40. The van der Waals surface area contributed by atoms with Crippen LogP contribution in [0.3, 0.4) is 0 Å². The van der Waals surface area contributed by atoms with E-state index in [4.69, 9.17) is 8.53 Å². The molecule has 49 heavy (non-hydrogen) atoms. The molecule has 0 aliphatic carbocycles. The van der Waals surface area contributed by atoms with E-state index in [-0.39, 0.29) is 25.7 Å². The number of rotatable bonds is 5. The Hall–Kier alpha value is -4.93. The second-order valence-corrected chi connectivity index (χ2v) is 17.8. The van der Waals surface area contributed by atoms with Gasteiger partial charge in [0, 0.05) is 47.6 Å². The Morgan fingerprint density at radius 1 is 0.633 bits per heavy atom. The number of hydrogen-bond donors (Lipinski definition) is 0. The number of furan rings is 1. The first kappa shape index (κ1) is 30.1. The van der Waals surface area contributed by atoms with E-state index < -0.39 is 14.9 Å². The number of hydrogen-bond acceptors (Lipinski definition) is 3. The van der Waals surface area contributed by atoms with Gasteiger partial charge in [-0.2, -0.15) is 0 Å². The predicted octanol–water partition coefficient (Wildman–Crippen LogP) is 11.2. The van der Waals surface area contributed by atoms with Crippen LogP contribution in [-0.2, 0) is 20.1 Å². The predicted molar refractivity (Wildman–Crippen MR) is 203 cm³/mol. The molecule has 8 rings (SSSR count). The summed E-state index contributed by atoms with van der Waals surface area (Å²) in [6.45, 7) is 4.70. The molecule has 0 spiro atoms. The van der Waals surface area contributed by atoms with E-state index in [0.717, 1.165) is 44.3 Å². The van der Waals surface area contributed by atoms with E-state index in [2.05, 4.69) is 78.1 Å². The van der Waals surface area contributed by atoms with Crippen LogP contribution in [-0.4, -0.2) is 18.0 Å². The van der Waals surface area contributed by atoms with Crippen LogP contribution >= 0.6 is 0 Å². The standard InChI is InChI=1S/C30H20NO.C14H16NSi.Ir/c1-20-17-28(31-19-27(20)22-11-6-3-7-12-22)26-14-8-13-25-24-16-15-23(18-29(24)32-30(25)26)21-9-4-2-5-10-21;1-16(2,3)13-9-10-14(15-11-13)12-7-5-4-6-8-12;/h2-13,15-19H,1H3;4-7,9-11H,1-3H3;/q2*-1;/i1D3;;. The molecule has 5 aromatic carbocycles.